The minimum atomic E-state index is -1.68. The van der Waals surface area contributed by atoms with E-state index < -0.39 is 23.9 Å². The number of carbonyl (C=O) groups excluding carboxylic acids is 2. The molecule has 1 aliphatic heterocycles. The molecule has 5 heteroatoms. The Labute approximate surface area is 105 Å². The second kappa shape index (κ2) is 4.88. The van der Waals surface area contributed by atoms with E-state index >= 15 is 0 Å². The number of rotatable bonds is 3. The summed E-state index contributed by atoms with van der Waals surface area (Å²) in [6.45, 7) is 1.94. The summed E-state index contributed by atoms with van der Waals surface area (Å²) in [5.41, 5.74) is 2.05. The Balaban J connectivity index is 2.07. The molecule has 1 amide bonds. The van der Waals surface area contributed by atoms with Crippen LogP contribution in [0, 0.1) is 0 Å². The monoisotopic (exact) mass is 249 g/mol. The average Bonchev–Trinajstić information content (AvgIpc) is 2.79. The molecule has 18 heavy (non-hydrogen) atoms. The highest BCUT2D eigenvalue weighted by Gasteiger charge is 2.33. The number of nitrogens with zero attached hydrogens (tertiary/aromatic N) is 1. The lowest BCUT2D eigenvalue weighted by Gasteiger charge is -2.21. The third-order valence-corrected chi connectivity index (χ3v) is 3.12. The summed E-state index contributed by atoms with van der Waals surface area (Å²) < 4.78 is 0. The molecule has 1 aromatic rings. The molecule has 2 rings (SSSR count). The number of hydrogen-bond acceptors (Lipinski definition) is 4. The molecule has 96 valence electrons. The van der Waals surface area contributed by atoms with Crippen molar-refractivity contribution in [1.82, 2.24) is 4.90 Å². The Hall–Kier alpha value is -1.72. The summed E-state index contributed by atoms with van der Waals surface area (Å²) in [4.78, 5) is 24.3. The zero-order chi connectivity index (χ0) is 13.3. The summed E-state index contributed by atoms with van der Waals surface area (Å²) in [6, 6.07) is 7.59. The van der Waals surface area contributed by atoms with Crippen molar-refractivity contribution in [2.45, 2.75) is 32.2 Å². The normalized spacial score (nSPS) is 17.2. The van der Waals surface area contributed by atoms with Crippen molar-refractivity contribution >= 4 is 11.7 Å². The number of Topliss-reactive ketones (excluding diaryl/α,β-unsaturated/α-hetero) is 1. The molecule has 0 saturated carbocycles. The van der Waals surface area contributed by atoms with E-state index in [4.69, 9.17) is 0 Å². The first-order valence-corrected chi connectivity index (χ1v) is 5.73. The van der Waals surface area contributed by atoms with Gasteiger partial charge >= 0.3 is 0 Å². The minimum Gasteiger partial charge on any atom is -0.382 e. The second-order valence-electron chi connectivity index (χ2n) is 4.46. The van der Waals surface area contributed by atoms with Crippen LogP contribution in [0.2, 0.25) is 0 Å². The van der Waals surface area contributed by atoms with E-state index in [9.17, 15) is 19.8 Å². The largest absolute Gasteiger partial charge is 0.382 e. The van der Waals surface area contributed by atoms with Gasteiger partial charge in [-0.25, -0.2) is 0 Å². The van der Waals surface area contributed by atoms with Crippen molar-refractivity contribution in [2.24, 2.45) is 0 Å². The molecule has 5 nitrogen and oxygen atoms in total. The van der Waals surface area contributed by atoms with Crippen molar-refractivity contribution in [1.29, 1.82) is 0 Å². The topological polar surface area (TPSA) is 77.8 Å². The van der Waals surface area contributed by atoms with Crippen LogP contribution in [0.5, 0.6) is 0 Å². The molecule has 0 unspecified atom stereocenters. The average molecular weight is 249 g/mol. The molecule has 0 aromatic heterocycles. The van der Waals surface area contributed by atoms with Crippen molar-refractivity contribution in [2.75, 3.05) is 0 Å². The van der Waals surface area contributed by atoms with Gasteiger partial charge in [0.2, 0.25) is 0 Å². The van der Waals surface area contributed by atoms with E-state index in [0.29, 0.717) is 13.1 Å². The number of fused-ring (bicyclic) bond motifs is 1. The lowest BCUT2D eigenvalue weighted by molar-refractivity contribution is -0.152. The summed E-state index contributed by atoms with van der Waals surface area (Å²) in [5, 5.41) is 19.0. The molecule has 0 bridgehead atoms. The summed E-state index contributed by atoms with van der Waals surface area (Å²) in [6.07, 6.45) is -3.34. The number of hydrogen-bond donors (Lipinski definition) is 2. The smallest absolute Gasteiger partial charge is 0.255 e. The van der Waals surface area contributed by atoms with Gasteiger partial charge in [-0.2, -0.15) is 0 Å². The Morgan fingerprint density at radius 2 is 1.61 bits per heavy atom. The van der Waals surface area contributed by atoms with Gasteiger partial charge < -0.3 is 15.1 Å². The first-order chi connectivity index (χ1) is 8.50. The highest BCUT2D eigenvalue weighted by Crippen LogP contribution is 2.23. The van der Waals surface area contributed by atoms with Gasteiger partial charge in [-0.3, -0.25) is 9.59 Å². The van der Waals surface area contributed by atoms with Gasteiger partial charge in [0.1, 0.15) is 6.10 Å². The SMILES string of the molecule is CC(=O)[C@H](O)[C@@H](O)C(=O)N1Cc2ccccc2C1. The van der Waals surface area contributed by atoms with Crippen LogP contribution in [0.3, 0.4) is 0 Å². The highest BCUT2D eigenvalue weighted by molar-refractivity contribution is 5.90. The van der Waals surface area contributed by atoms with E-state index in [1.165, 1.54) is 4.90 Å². The molecule has 0 fully saturated rings. The van der Waals surface area contributed by atoms with Crippen LogP contribution in [-0.4, -0.2) is 39.0 Å². The molecule has 0 aliphatic carbocycles. The van der Waals surface area contributed by atoms with Crippen LogP contribution in [0.15, 0.2) is 24.3 Å². The quantitative estimate of drug-likeness (QED) is 0.780. The van der Waals surface area contributed by atoms with Gasteiger partial charge in [0, 0.05) is 13.1 Å². The van der Waals surface area contributed by atoms with Gasteiger partial charge in [-0.15, -0.1) is 0 Å². The van der Waals surface area contributed by atoms with Gasteiger partial charge in [-0.1, -0.05) is 24.3 Å². The molecule has 0 spiro atoms. The van der Waals surface area contributed by atoms with Gasteiger partial charge in [-0.05, 0) is 18.1 Å². The second-order valence-corrected chi connectivity index (χ2v) is 4.46. The highest BCUT2D eigenvalue weighted by atomic mass is 16.3. The van der Waals surface area contributed by atoms with E-state index in [-0.39, 0.29) is 0 Å². The number of benzene rings is 1. The Morgan fingerprint density at radius 1 is 1.11 bits per heavy atom. The zero-order valence-electron chi connectivity index (χ0n) is 10.0. The predicted octanol–water partition coefficient (Wildman–Crippen LogP) is -0.160. The van der Waals surface area contributed by atoms with Crippen molar-refractivity contribution in [3.8, 4) is 0 Å². The van der Waals surface area contributed by atoms with Crippen LogP contribution >= 0.6 is 0 Å². The van der Waals surface area contributed by atoms with E-state index in [0.717, 1.165) is 18.1 Å². The van der Waals surface area contributed by atoms with Crippen LogP contribution < -0.4 is 0 Å². The fourth-order valence-corrected chi connectivity index (χ4v) is 2.03. The number of amides is 1. The third kappa shape index (κ3) is 2.27. The lowest BCUT2D eigenvalue weighted by atomic mass is 10.1. The summed E-state index contributed by atoms with van der Waals surface area (Å²) >= 11 is 0. The first kappa shape index (κ1) is 12.7. The molecule has 1 heterocycles. The van der Waals surface area contributed by atoms with Crippen molar-refractivity contribution < 1.29 is 19.8 Å². The first-order valence-electron chi connectivity index (χ1n) is 5.73. The Bertz CT molecular complexity index is 461. The predicted molar refractivity (Wildman–Crippen MR) is 63.4 cm³/mol. The minimum absolute atomic E-state index is 0.399. The van der Waals surface area contributed by atoms with Crippen molar-refractivity contribution in [3.05, 3.63) is 35.4 Å². The zero-order valence-corrected chi connectivity index (χ0v) is 10.0. The number of aliphatic hydroxyl groups is 2. The van der Waals surface area contributed by atoms with Gasteiger partial charge in [0.25, 0.3) is 5.91 Å². The fourth-order valence-electron chi connectivity index (χ4n) is 2.03. The molecule has 1 aromatic carbocycles. The fraction of sp³-hybridized carbons (Fsp3) is 0.385. The van der Waals surface area contributed by atoms with E-state index in [1.807, 2.05) is 24.3 Å². The summed E-state index contributed by atoms with van der Waals surface area (Å²) in [5.74, 6) is -1.23. The molecule has 2 N–H and O–H groups in total. The number of carbonyl (C=O) groups is 2. The summed E-state index contributed by atoms with van der Waals surface area (Å²) in [7, 11) is 0. The lowest BCUT2D eigenvalue weighted by Crippen LogP contribution is -2.45. The van der Waals surface area contributed by atoms with E-state index in [1.54, 1.807) is 0 Å². The van der Waals surface area contributed by atoms with Gasteiger partial charge in [0.15, 0.2) is 11.9 Å². The van der Waals surface area contributed by atoms with Gasteiger partial charge in [0.05, 0.1) is 0 Å². The molecule has 1 aliphatic rings. The molecule has 2 atom stereocenters. The maximum Gasteiger partial charge on any atom is 0.255 e. The van der Waals surface area contributed by atoms with Crippen LogP contribution in [0.1, 0.15) is 18.1 Å². The van der Waals surface area contributed by atoms with Crippen molar-refractivity contribution in [3.63, 3.8) is 0 Å². The molecule has 0 radical (unpaired) electrons. The third-order valence-electron chi connectivity index (χ3n) is 3.12. The Kier molecular flexibility index (Phi) is 3.45. The number of ketones is 1. The van der Waals surface area contributed by atoms with Crippen LogP contribution in [-0.2, 0) is 22.7 Å². The van der Waals surface area contributed by atoms with Crippen LogP contribution in [0.25, 0.3) is 0 Å². The Morgan fingerprint density at radius 3 is 2.06 bits per heavy atom. The molecular formula is C13H15NO4. The van der Waals surface area contributed by atoms with Crippen LogP contribution in [0.4, 0.5) is 0 Å². The molecule has 0 saturated heterocycles. The van der Waals surface area contributed by atoms with E-state index in [2.05, 4.69) is 0 Å². The maximum absolute atomic E-state index is 11.9. The standard InChI is InChI=1S/C13H15NO4/c1-8(15)11(16)12(17)13(18)14-6-9-4-2-3-5-10(9)7-14/h2-5,11-12,16-17H,6-7H2,1H3/t11-,12+/m0/s1. The molecular weight excluding hydrogens is 234 g/mol. The number of aliphatic hydroxyl groups excluding tert-OH is 2. The maximum atomic E-state index is 11.9.